The fraction of sp³-hybridized carbons (Fsp3) is 0.929. The van der Waals surface area contributed by atoms with Crippen LogP contribution in [0.4, 0.5) is 0 Å². The maximum absolute atomic E-state index is 11.2. The van der Waals surface area contributed by atoms with Crippen LogP contribution in [0.25, 0.3) is 0 Å². The van der Waals surface area contributed by atoms with Gasteiger partial charge in [-0.1, -0.05) is 6.92 Å². The van der Waals surface area contributed by atoms with Gasteiger partial charge in [0.15, 0.2) is 0 Å². The van der Waals surface area contributed by atoms with E-state index in [0.717, 1.165) is 26.1 Å². The highest BCUT2D eigenvalue weighted by molar-refractivity contribution is 5.79. The molecular formula is C14H27N3O2. The molecule has 0 radical (unpaired) electrons. The lowest BCUT2D eigenvalue weighted by Crippen LogP contribution is -2.50. The number of rotatable bonds is 4. The summed E-state index contributed by atoms with van der Waals surface area (Å²) in [4.78, 5) is 16.1. The third-order valence-electron chi connectivity index (χ3n) is 5.11. The van der Waals surface area contributed by atoms with E-state index in [-0.39, 0.29) is 0 Å². The Kier molecular flexibility index (Phi) is 4.48. The van der Waals surface area contributed by atoms with E-state index in [4.69, 9.17) is 5.73 Å². The zero-order valence-electron chi connectivity index (χ0n) is 12.1. The first-order valence-corrected chi connectivity index (χ1v) is 7.43. The minimum atomic E-state index is -0.997. The van der Waals surface area contributed by atoms with Crippen LogP contribution in [0.1, 0.15) is 39.0 Å². The third-order valence-corrected chi connectivity index (χ3v) is 5.11. The summed E-state index contributed by atoms with van der Waals surface area (Å²) in [5.41, 5.74) is 4.97. The van der Waals surface area contributed by atoms with Gasteiger partial charge < -0.3 is 20.6 Å². The maximum Gasteiger partial charge on any atom is 0.323 e. The number of carboxylic acids is 1. The number of nitrogens with zero attached hydrogens (tertiary/aromatic N) is 2. The van der Waals surface area contributed by atoms with Crippen LogP contribution in [0.5, 0.6) is 0 Å². The second kappa shape index (κ2) is 5.77. The van der Waals surface area contributed by atoms with Crippen LogP contribution in [-0.4, -0.2) is 65.2 Å². The van der Waals surface area contributed by atoms with Gasteiger partial charge >= 0.3 is 5.97 Å². The average molecular weight is 269 g/mol. The van der Waals surface area contributed by atoms with E-state index in [0.29, 0.717) is 24.9 Å². The fourth-order valence-electron chi connectivity index (χ4n) is 3.53. The van der Waals surface area contributed by atoms with Gasteiger partial charge in [-0.3, -0.25) is 4.79 Å². The normalized spacial score (nSPS) is 34.0. The van der Waals surface area contributed by atoms with Gasteiger partial charge in [-0.2, -0.15) is 0 Å². The Hall–Kier alpha value is -0.650. The predicted molar refractivity (Wildman–Crippen MR) is 75.1 cm³/mol. The van der Waals surface area contributed by atoms with E-state index < -0.39 is 11.5 Å². The number of hydrogen-bond donors (Lipinski definition) is 2. The Morgan fingerprint density at radius 2 is 2.00 bits per heavy atom. The van der Waals surface area contributed by atoms with E-state index in [1.807, 2.05) is 0 Å². The molecule has 0 aromatic carbocycles. The average Bonchev–Trinajstić information content (AvgIpc) is 2.82. The molecule has 1 aliphatic carbocycles. The van der Waals surface area contributed by atoms with Gasteiger partial charge in [0, 0.05) is 12.1 Å². The Morgan fingerprint density at radius 3 is 2.47 bits per heavy atom. The molecule has 19 heavy (non-hydrogen) atoms. The van der Waals surface area contributed by atoms with Crippen molar-refractivity contribution in [3.05, 3.63) is 0 Å². The van der Waals surface area contributed by atoms with Crippen molar-refractivity contribution in [3.8, 4) is 0 Å². The van der Waals surface area contributed by atoms with Gasteiger partial charge in [0.1, 0.15) is 5.54 Å². The lowest BCUT2D eigenvalue weighted by atomic mass is 9.97. The van der Waals surface area contributed by atoms with E-state index in [2.05, 4.69) is 23.8 Å². The van der Waals surface area contributed by atoms with Crippen LogP contribution in [-0.2, 0) is 4.79 Å². The first-order valence-electron chi connectivity index (χ1n) is 7.43. The molecule has 0 spiro atoms. The highest BCUT2D eigenvalue weighted by atomic mass is 16.4. The van der Waals surface area contributed by atoms with Crippen LogP contribution in [0.3, 0.4) is 0 Å². The zero-order chi connectivity index (χ0) is 14.0. The molecular weight excluding hydrogens is 242 g/mol. The van der Waals surface area contributed by atoms with Crippen LogP contribution >= 0.6 is 0 Å². The van der Waals surface area contributed by atoms with Crippen molar-refractivity contribution >= 4 is 5.97 Å². The van der Waals surface area contributed by atoms with Crippen LogP contribution in [0.15, 0.2) is 0 Å². The van der Waals surface area contributed by atoms with Gasteiger partial charge in [0.2, 0.25) is 0 Å². The summed E-state index contributed by atoms with van der Waals surface area (Å²) in [6.45, 7) is 5.65. The summed E-state index contributed by atoms with van der Waals surface area (Å²) in [5, 5.41) is 9.20. The van der Waals surface area contributed by atoms with Gasteiger partial charge in [-0.25, -0.2) is 0 Å². The van der Waals surface area contributed by atoms with Crippen molar-refractivity contribution in [1.29, 1.82) is 0 Å². The van der Waals surface area contributed by atoms with Gasteiger partial charge in [0.05, 0.1) is 0 Å². The number of hydrogen-bond acceptors (Lipinski definition) is 4. The Labute approximate surface area is 115 Å². The Bertz CT molecular complexity index is 329. The highest BCUT2D eigenvalue weighted by Gasteiger charge is 2.44. The van der Waals surface area contributed by atoms with Crippen molar-refractivity contribution in [2.75, 3.05) is 26.7 Å². The lowest BCUT2D eigenvalue weighted by Gasteiger charge is -2.39. The standard InChI is InChI=1S/C14H27N3O2/c1-3-17-8-5-11(6-9-17)16(2)12-4-7-14(15,10-12)13(18)19/h11-12H,3-10,15H2,1-2H3,(H,18,19). The topological polar surface area (TPSA) is 69.8 Å². The molecule has 1 saturated carbocycles. The molecule has 0 amide bonds. The summed E-state index contributed by atoms with van der Waals surface area (Å²) >= 11 is 0. The molecule has 3 N–H and O–H groups in total. The van der Waals surface area contributed by atoms with Crippen molar-refractivity contribution < 1.29 is 9.90 Å². The molecule has 0 aromatic heterocycles. The van der Waals surface area contributed by atoms with E-state index in [1.165, 1.54) is 12.8 Å². The highest BCUT2D eigenvalue weighted by Crippen LogP contribution is 2.33. The van der Waals surface area contributed by atoms with Crippen LogP contribution in [0, 0.1) is 0 Å². The second-order valence-corrected chi connectivity index (χ2v) is 6.19. The van der Waals surface area contributed by atoms with Crippen molar-refractivity contribution in [1.82, 2.24) is 9.80 Å². The van der Waals surface area contributed by atoms with E-state index in [1.54, 1.807) is 0 Å². The van der Waals surface area contributed by atoms with Crippen molar-refractivity contribution in [2.45, 2.75) is 56.7 Å². The van der Waals surface area contributed by atoms with Gasteiger partial charge in [0.25, 0.3) is 0 Å². The lowest BCUT2D eigenvalue weighted by molar-refractivity contribution is -0.143. The molecule has 5 nitrogen and oxygen atoms in total. The monoisotopic (exact) mass is 269 g/mol. The van der Waals surface area contributed by atoms with Crippen LogP contribution in [0.2, 0.25) is 0 Å². The molecule has 2 fully saturated rings. The maximum atomic E-state index is 11.2. The smallest absolute Gasteiger partial charge is 0.323 e. The van der Waals surface area contributed by atoms with Crippen molar-refractivity contribution in [2.24, 2.45) is 5.73 Å². The number of carbonyl (C=O) groups is 1. The zero-order valence-corrected chi connectivity index (χ0v) is 12.1. The van der Waals surface area contributed by atoms with E-state index >= 15 is 0 Å². The number of aliphatic carboxylic acids is 1. The number of likely N-dealkylation sites (tertiary alicyclic amines) is 1. The number of nitrogens with two attached hydrogens (primary N) is 1. The predicted octanol–water partition coefficient (Wildman–Crippen LogP) is 0.737. The molecule has 2 unspecified atom stereocenters. The minimum absolute atomic E-state index is 0.333. The van der Waals surface area contributed by atoms with Gasteiger partial charge in [-0.15, -0.1) is 0 Å². The fourth-order valence-corrected chi connectivity index (χ4v) is 3.53. The molecule has 2 aliphatic rings. The molecule has 1 saturated heterocycles. The minimum Gasteiger partial charge on any atom is -0.480 e. The molecule has 2 atom stereocenters. The van der Waals surface area contributed by atoms with Crippen LogP contribution < -0.4 is 5.73 Å². The van der Waals surface area contributed by atoms with E-state index in [9.17, 15) is 9.90 Å². The Morgan fingerprint density at radius 1 is 1.37 bits per heavy atom. The first kappa shape index (κ1) is 14.8. The molecule has 110 valence electrons. The molecule has 0 bridgehead atoms. The number of piperidine rings is 1. The Balaban J connectivity index is 1.88. The third kappa shape index (κ3) is 3.09. The quantitative estimate of drug-likeness (QED) is 0.787. The molecule has 1 heterocycles. The SMILES string of the molecule is CCN1CCC(N(C)C2CCC(N)(C(=O)O)C2)CC1. The van der Waals surface area contributed by atoms with Gasteiger partial charge in [-0.05, 0) is 58.8 Å². The molecule has 0 aromatic rings. The molecule has 2 rings (SSSR count). The number of carboxylic acid groups (broad SMARTS) is 1. The van der Waals surface area contributed by atoms with Crippen molar-refractivity contribution in [3.63, 3.8) is 0 Å². The first-order chi connectivity index (χ1) is 8.96. The summed E-state index contributed by atoms with van der Waals surface area (Å²) in [6.07, 6.45) is 4.47. The summed E-state index contributed by atoms with van der Waals surface area (Å²) in [6, 6.07) is 0.920. The summed E-state index contributed by atoms with van der Waals surface area (Å²) in [5.74, 6) is -0.843. The summed E-state index contributed by atoms with van der Waals surface area (Å²) in [7, 11) is 2.14. The summed E-state index contributed by atoms with van der Waals surface area (Å²) < 4.78 is 0. The molecule has 1 aliphatic heterocycles. The molecule has 5 heteroatoms. The largest absolute Gasteiger partial charge is 0.480 e. The second-order valence-electron chi connectivity index (χ2n) is 6.19.